The number of hydrogen-bond donors (Lipinski definition) is 1. The van der Waals surface area contributed by atoms with Gasteiger partial charge in [-0.25, -0.2) is 0 Å². The maximum atomic E-state index is 6.15. The van der Waals surface area contributed by atoms with Crippen LogP contribution in [0, 0.1) is 6.92 Å². The number of halogens is 1. The van der Waals surface area contributed by atoms with Gasteiger partial charge < -0.3 is 15.2 Å². The molecule has 1 heterocycles. The number of aromatic nitrogens is 2. The lowest BCUT2D eigenvalue weighted by molar-refractivity contribution is 0.284. The molecule has 5 nitrogen and oxygen atoms in total. The van der Waals surface area contributed by atoms with E-state index in [2.05, 4.69) is 5.10 Å². The Morgan fingerprint density at radius 1 is 1.37 bits per heavy atom. The summed E-state index contributed by atoms with van der Waals surface area (Å²) in [4.78, 5) is 0. The van der Waals surface area contributed by atoms with Gasteiger partial charge in [0.2, 0.25) is 0 Å². The zero-order chi connectivity index (χ0) is 14.0. The average molecular weight is 282 g/mol. The first-order valence-corrected chi connectivity index (χ1v) is 6.15. The Morgan fingerprint density at radius 3 is 2.68 bits per heavy atom. The quantitative estimate of drug-likeness (QED) is 0.875. The average Bonchev–Trinajstić information content (AvgIpc) is 2.61. The van der Waals surface area contributed by atoms with E-state index < -0.39 is 0 Å². The summed E-state index contributed by atoms with van der Waals surface area (Å²) in [5.74, 6) is 1.22. The van der Waals surface area contributed by atoms with E-state index in [1.165, 1.54) is 0 Å². The number of anilines is 1. The second kappa shape index (κ2) is 5.40. The summed E-state index contributed by atoms with van der Waals surface area (Å²) in [5.41, 5.74) is 8.05. The van der Waals surface area contributed by atoms with Gasteiger partial charge in [0.05, 0.1) is 12.8 Å². The number of benzene rings is 1. The number of hydrogen-bond acceptors (Lipinski definition) is 4. The zero-order valence-electron chi connectivity index (χ0n) is 11.1. The number of aryl methyl sites for hydroxylation is 2. The van der Waals surface area contributed by atoms with Gasteiger partial charge in [0.25, 0.3) is 0 Å². The molecule has 0 saturated heterocycles. The van der Waals surface area contributed by atoms with Crippen molar-refractivity contribution < 1.29 is 9.47 Å². The van der Waals surface area contributed by atoms with Crippen LogP contribution in [0.2, 0.25) is 5.15 Å². The molecule has 0 saturated carbocycles. The van der Waals surface area contributed by atoms with E-state index in [0.29, 0.717) is 28.9 Å². The predicted molar refractivity (Wildman–Crippen MR) is 74.7 cm³/mol. The van der Waals surface area contributed by atoms with Crippen molar-refractivity contribution in [3.05, 3.63) is 34.6 Å². The van der Waals surface area contributed by atoms with Gasteiger partial charge in [0, 0.05) is 24.4 Å². The summed E-state index contributed by atoms with van der Waals surface area (Å²) in [5, 5.41) is 4.80. The van der Waals surface area contributed by atoms with Gasteiger partial charge in [-0.2, -0.15) is 5.10 Å². The highest BCUT2D eigenvalue weighted by Gasteiger charge is 2.13. The SMILES string of the molecule is COc1ccc(N)cc1OCc1c(C)nn(C)c1Cl. The lowest BCUT2D eigenvalue weighted by Gasteiger charge is -2.11. The molecule has 102 valence electrons. The molecule has 6 heteroatoms. The van der Waals surface area contributed by atoms with Crippen molar-refractivity contribution in [1.29, 1.82) is 0 Å². The lowest BCUT2D eigenvalue weighted by Crippen LogP contribution is -2.00. The third-order valence-corrected chi connectivity index (χ3v) is 3.30. The summed E-state index contributed by atoms with van der Waals surface area (Å²) in [7, 11) is 3.38. The number of nitrogens with two attached hydrogens (primary N) is 1. The molecule has 19 heavy (non-hydrogen) atoms. The van der Waals surface area contributed by atoms with E-state index in [-0.39, 0.29) is 0 Å². The highest BCUT2D eigenvalue weighted by atomic mass is 35.5. The van der Waals surface area contributed by atoms with Crippen LogP contribution in [0.1, 0.15) is 11.3 Å². The lowest BCUT2D eigenvalue weighted by atomic mass is 10.2. The van der Waals surface area contributed by atoms with E-state index in [9.17, 15) is 0 Å². The van der Waals surface area contributed by atoms with Crippen LogP contribution in [0.5, 0.6) is 11.5 Å². The van der Waals surface area contributed by atoms with Crippen molar-refractivity contribution in [1.82, 2.24) is 9.78 Å². The molecule has 0 atom stereocenters. The van der Waals surface area contributed by atoms with Gasteiger partial charge in [-0.15, -0.1) is 0 Å². The molecule has 2 aromatic rings. The van der Waals surface area contributed by atoms with Crippen LogP contribution in [0.15, 0.2) is 18.2 Å². The van der Waals surface area contributed by atoms with Crippen LogP contribution in [0.4, 0.5) is 5.69 Å². The first-order chi connectivity index (χ1) is 9.02. The van der Waals surface area contributed by atoms with Crippen LogP contribution in [-0.2, 0) is 13.7 Å². The molecule has 0 amide bonds. The largest absolute Gasteiger partial charge is 0.493 e. The normalized spacial score (nSPS) is 10.5. The van der Waals surface area contributed by atoms with Crippen molar-refractivity contribution in [3.63, 3.8) is 0 Å². The maximum absolute atomic E-state index is 6.15. The van der Waals surface area contributed by atoms with E-state index >= 15 is 0 Å². The van der Waals surface area contributed by atoms with Crippen molar-refractivity contribution in [2.24, 2.45) is 7.05 Å². The minimum Gasteiger partial charge on any atom is -0.493 e. The van der Waals surface area contributed by atoms with Crippen LogP contribution < -0.4 is 15.2 Å². The summed E-state index contributed by atoms with van der Waals surface area (Å²) >= 11 is 6.15. The topological polar surface area (TPSA) is 62.3 Å². The molecule has 1 aromatic carbocycles. The molecule has 0 bridgehead atoms. The van der Waals surface area contributed by atoms with Crippen molar-refractivity contribution in [3.8, 4) is 11.5 Å². The number of rotatable bonds is 4. The van der Waals surface area contributed by atoms with Crippen molar-refractivity contribution >= 4 is 17.3 Å². The smallest absolute Gasteiger partial charge is 0.163 e. The van der Waals surface area contributed by atoms with Gasteiger partial charge in [0.15, 0.2) is 11.5 Å². The number of nitrogens with zero attached hydrogens (tertiary/aromatic N) is 2. The molecule has 0 aliphatic heterocycles. The second-order valence-corrected chi connectivity index (χ2v) is 4.54. The van der Waals surface area contributed by atoms with E-state index in [1.54, 1.807) is 37.0 Å². The van der Waals surface area contributed by atoms with Crippen molar-refractivity contribution in [2.45, 2.75) is 13.5 Å². The highest BCUT2D eigenvalue weighted by Crippen LogP contribution is 2.30. The number of methoxy groups -OCH3 is 1. The molecule has 0 radical (unpaired) electrons. The molecule has 0 fully saturated rings. The summed E-state index contributed by atoms with van der Waals surface area (Å²) in [6, 6.07) is 5.24. The number of nitrogen functional groups attached to an aromatic ring is 1. The monoisotopic (exact) mass is 281 g/mol. The fraction of sp³-hybridized carbons (Fsp3) is 0.308. The first-order valence-electron chi connectivity index (χ1n) is 5.77. The van der Waals surface area contributed by atoms with E-state index in [1.807, 2.05) is 6.92 Å². The van der Waals surface area contributed by atoms with Gasteiger partial charge in [-0.1, -0.05) is 11.6 Å². The molecule has 0 aliphatic carbocycles. The van der Waals surface area contributed by atoms with Gasteiger partial charge >= 0.3 is 0 Å². The summed E-state index contributed by atoms with van der Waals surface area (Å²) in [6.45, 7) is 2.21. The fourth-order valence-corrected chi connectivity index (χ4v) is 2.02. The standard InChI is InChI=1S/C13H16ClN3O2/c1-8-10(13(14)17(2)16-8)7-19-12-6-9(15)4-5-11(12)18-3/h4-6H,7,15H2,1-3H3. The molecule has 0 unspecified atom stereocenters. The third kappa shape index (κ3) is 2.76. The highest BCUT2D eigenvalue weighted by molar-refractivity contribution is 6.30. The summed E-state index contributed by atoms with van der Waals surface area (Å²) in [6.07, 6.45) is 0. The van der Waals surface area contributed by atoms with Gasteiger partial charge in [-0.05, 0) is 19.1 Å². The molecular formula is C13H16ClN3O2. The predicted octanol–water partition coefficient (Wildman–Crippen LogP) is 2.55. The van der Waals surface area contributed by atoms with Crippen LogP contribution in [0.3, 0.4) is 0 Å². The maximum Gasteiger partial charge on any atom is 0.163 e. The molecular weight excluding hydrogens is 266 g/mol. The molecule has 2 rings (SSSR count). The first kappa shape index (κ1) is 13.5. The van der Waals surface area contributed by atoms with Gasteiger partial charge in [-0.3, -0.25) is 4.68 Å². The fourth-order valence-electron chi connectivity index (χ4n) is 1.79. The zero-order valence-corrected chi connectivity index (χ0v) is 11.9. The molecule has 2 N–H and O–H groups in total. The van der Waals surface area contributed by atoms with E-state index in [0.717, 1.165) is 11.3 Å². The Morgan fingerprint density at radius 2 is 2.11 bits per heavy atom. The minimum absolute atomic E-state index is 0.318. The molecule has 0 aliphatic rings. The second-order valence-electron chi connectivity index (χ2n) is 4.18. The Bertz CT molecular complexity index is 596. The number of ether oxygens (including phenoxy) is 2. The third-order valence-electron chi connectivity index (χ3n) is 2.83. The Labute approximate surface area is 116 Å². The molecule has 0 spiro atoms. The van der Waals surface area contributed by atoms with E-state index in [4.69, 9.17) is 26.8 Å². The molecule has 1 aromatic heterocycles. The Balaban J connectivity index is 2.21. The Kier molecular flexibility index (Phi) is 3.85. The van der Waals surface area contributed by atoms with Crippen LogP contribution in [-0.4, -0.2) is 16.9 Å². The van der Waals surface area contributed by atoms with Crippen molar-refractivity contribution in [2.75, 3.05) is 12.8 Å². The summed E-state index contributed by atoms with van der Waals surface area (Å²) < 4.78 is 12.6. The van der Waals surface area contributed by atoms with Crippen LogP contribution in [0.25, 0.3) is 0 Å². The van der Waals surface area contributed by atoms with Crippen LogP contribution >= 0.6 is 11.6 Å². The minimum atomic E-state index is 0.318. The Hall–Kier alpha value is -1.88. The van der Waals surface area contributed by atoms with Gasteiger partial charge in [0.1, 0.15) is 11.8 Å².